The van der Waals surface area contributed by atoms with E-state index in [-0.39, 0.29) is 5.91 Å². The first-order valence-corrected chi connectivity index (χ1v) is 7.73. The molecule has 1 N–H and O–H groups in total. The van der Waals surface area contributed by atoms with Crippen molar-refractivity contribution in [2.24, 2.45) is 0 Å². The van der Waals surface area contributed by atoms with Crippen molar-refractivity contribution < 1.29 is 14.3 Å². The highest BCUT2D eigenvalue weighted by atomic mass is 16.5. The average molecular weight is 330 g/mol. The largest absolute Gasteiger partial charge is 0.497 e. The maximum absolute atomic E-state index is 12.2. The summed E-state index contributed by atoms with van der Waals surface area (Å²) >= 11 is 0. The fourth-order valence-electron chi connectivity index (χ4n) is 2.23. The van der Waals surface area contributed by atoms with Crippen LogP contribution < -0.4 is 14.8 Å². The summed E-state index contributed by atoms with van der Waals surface area (Å²) in [6, 6.07) is 5.38. The summed E-state index contributed by atoms with van der Waals surface area (Å²) in [5, 5.41) is 3.07. The number of carbonyl (C=O) groups excluding carboxylic acids is 1. The van der Waals surface area contributed by atoms with Gasteiger partial charge in [0.2, 0.25) is 5.95 Å². The summed E-state index contributed by atoms with van der Waals surface area (Å²) < 4.78 is 10.5. The molecule has 0 aliphatic carbocycles. The number of hydrogen-bond acceptors (Lipinski definition) is 6. The number of anilines is 2. The molecular formula is C17H22N4O3. The number of nitrogens with zero attached hydrogens (tertiary/aromatic N) is 3. The molecule has 0 spiro atoms. The van der Waals surface area contributed by atoms with Crippen molar-refractivity contribution in [3.63, 3.8) is 0 Å². The van der Waals surface area contributed by atoms with Crippen LogP contribution in [-0.2, 0) is 0 Å². The molecule has 1 aromatic heterocycles. The van der Waals surface area contributed by atoms with E-state index in [9.17, 15) is 4.79 Å². The third-order valence-corrected chi connectivity index (χ3v) is 3.60. The van der Waals surface area contributed by atoms with Gasteiger partial charge < -0.3 is 19.7 Å². The van der Waals surface area contributed by atoms with E-state index in [1.807, 2.05) is 13.8 Å². The van der Waals surface area contributed by atoms with Crippen LogP contribution in [0, 0.1) is 0 Å². The van der Waals surface area contributed by atoms with Crippen molar-refractivity contribution in [3.05, 3.63) is 36.2 Å². The van der Waals surface area contributed by atoms with Crippen molar-refractivity contribution in [2.45, 2.75) is 13.8 Å². The first-order valence-electron chi connectivity index (χ1n) is 7.73. The second-order valence-electron chi connectivity index (χ2n) is 4.96. The highest BCUT2D eigenvalue weighted by Crippen LogP contribution is 2.30. The van der Waals surface area contributed by atoms with Crippen LogP contribution in [0.25, 0.3) is 0 Å². The lowest BCUT2D eigenvalue weighted by molar-refractivity contribution is 0.0772. The smallest absolute Gasteiger partial charge is 0.256 e. The van der Waals surface area contributed by atoms with E-state index in [1.165, 1.54) is 12.4 Å². The van der Waals surface area contributed by atoms with Crippen LogP contribution in [0.4, 0.5) is 11.6 Å². The lowest BCUT2D eigenvalue weighted by atomic mass is 10.2. The maximum Gasteiger partial charge on any atom is 0.256 e. The predicted octanol–water partition coefficient (Wildman–Crippen LogP) is 2.72. The molecule has 0 fully saturated rings. The number of aromatic nitrogens is 2. The number of benzene rings is 1. The fraction of sp³-hybridized carbons (Fsp3) is 0.353. The van der Waals surface area contributed by atoms with Gasteiger partial charge in [0.25, 0.3) is 5.91 Å². The quantitative estimate of drug-likeness (QED) is 0.841. The van der Waals surface area contributed by atoms with Crippen molar-refractivity contribution in [2.75, 3.05) is 32.6 Å². The minimum Gasteiger partial charge on any atom is -0.497 e. The third kappa shape index (κ3) is 3.92. The predicted molar refractivity (Wildman–Crippen MR) is 92.1 cm³/mol. The van der Waals surface area contributed by atoms with Crippen molar-refractivity contribution in [1.29, 1.82) is 0 Å². The molecular weight excluding hydrogens is 308 g/mol. The fourth-order valence-corrected chi connectivity index (χ4v) is 2.23. The van der Waals surface area contributed by atoms with Crippen LogP contribution in [-0.4, -0.2) is 48.1 Å². The van der Waals surface area contributed by atoms with Gasteiger partial charge >= 0.3 is 0 Å². The van der Waals surface area contributed by atoms with Crippen molar-refractivity contribution in [1.82, 2.24) is 14.9 Å². The molecule has 2 rings (SSSR count). The van der Waals surface area contributed by atoms with E-state index in [4.69, 9.17) is 9.47 Å². The van der Waals surface area contributed by atoms with Gasteiger partial charge in [0, 0.05) is 31.5 Å². The molecule has 0 aliphatic rings. The Morgan fingerprint density at radius 2 is 1.79 bits per heavy atom. The molecule has 7 nitrogen and oxygen atoms in total. The minimum atomic E-state index is -0.0782. The molecule has 1 amide bonds. The van der Waals surface area contributed by atoms with Gasteiger partial charge in [-0.15, -0.1) is 0 Å². The second-order valence-corrected chi connectivity index (χ2v) is 4.96. The summed E-state index contributed by atoms with van der Waals surface area (Å²) in [5.74, 6) is 1.62. The monoisotopic (exact) mass is 330 g/mol. The molecule has 0 bridgehead atoms. The molecule has 1 heterocycles. The number of rotatable bonds is 7. The van der Waals surface area contributed by atoms with E-state index in [2.05, 4.69) is 15.3 Å². The van der Waals surface area contributed by atoms with Gasteiger partial charge in [0.05, 0.1) is 25.5 Å². The molecule has 7 heteroatoms. The lowest BCUT2D eigenvalue weighted by Gasteiger charge is -2.18. The Morgan fingerprint density at radius 3 is 2.33 bits per heavy atom. The Kier molecular flexibility index (Phi) is 5.95. The van der Waals surface area contributed by atoms with E-state index in [0.29, 0.717) is 41.8 Å². The Labute approximate surface area is 141 Å². The maximum atomic E-state index is 12.2. The molecule has 0 aliphatic heterocycles. The number of methoxy groups -OCH3 is 2. The normalized spacial score (nSPS) is 10.2. The minimum absolute atomic E-state index is 0.0782. The Bertz CT molecular complexity index is 685. The van der Waals surface area contributed by atoms with Crippen LogP contribution in [0.15, 0.2) is 30.6 Å². The molecule has 24 heavy (non-hydrogen) atoms. The van der Waals surface area contributed by atoms with Crippen molar-refractivity contribution >= 4 is 17.5 Å². The van der Waals surface area contributed by atoms with Crippen LogP contribution in [0.3, 0.4) is 0 Å². The number of hydrogen-bond donors (Lipinski definition) is 1. The van der Waals surface area contributed by atoms with Gasteiger partial charge in [0.15, 0.2) is 0 Å². The average Bonchev–Trinajstić information content (AvgIpc) is 2.63. The number of amides is 1. The topological polar surface area (TPSA) is 76.6 Å². The summed E-state index contributed by atoms with van der Waals surface area (Å²) in [5.41, 5.74) is 1.14. The van der Waals surface area contributed by atoms with Gasteiger partial charge in [-0.3, -0.25) is 4.79 Å². The van der Waals surface area contributed by atoms with Gasteiger partial charge in [-0.1, -0.05) is 0 Å². The van der Waals surface area contributed by atoms with Gasteiger partial charge in [0.1, 0.15) is 11.5 Å². The summed E-state index contributed by atoms with van der Waals surface area (Å²) in [6.45, 7) is 5.17. The highest BCUT2D eigenvalue weighted by Gasteiger charge is 2.14. The van der Waals surface area contributed by atoms with Crippen LogP contribution in [0.2, 0.25) is 0 Å². The molecule has 128 valence electrons. The van der Waals surface area contributed by atoms with Crippen LogP contribution in [0.1, 0.15) is 24.2 Å². The molecule has 0 saturated heterocycles. The van der Waals surface area contributed by atoms with Gasteiger partial charge in [-0.2, -0.15) is 0 Å². The van der Waals surface area contributed by atoms with Crippen LogP contribution >= 0.6 is 0 Å². The molecule has 1 aromatic carbocycles. The van der Waals surface area contributed by atoms with Crippen molar-refractivity contribution in [3.8, 4) is 11.5 Å². The van der Waals surface area contributed by atoms with E-state index >= 15 is 0 Å². The number of carbonyl (C=O) groups is 1. The van der Waals surface area contributed by atoms with Gasteiger partial charge in [-0.25, -0.2) is 9.97 Å². The highest BCUT2D eigenvalue weighted by molar-refractivity contribution is 5.93. The Morgan fingerprint density at radius 1 is 1.12 bits per heavy atom. The number of nitrogens with one attached hydrogen (secondary N) is 1. The molecule has 0 atom stereocenters. The molecule has 0 unspecified atom stereocenters. The first kappa shape index (κ1) is 17.5. The van der Waals surface area contributed by atoms with Crippen LogP contribution in [0.5, 0.6) is 11.5 Å². The zero-order chi connectivity index (χ0) is 17.5. The van der Waals surface area contributed by atoms with E-state index in [1.54, 1.807) is 37.3 Å². The molecule has 2 aromatic rings. The number of ether oxygens (including phenoxy) is 2. The SMILES string of the molecule is CCN(CC)C(=O)c1cnc(Nc2cc(OC)ccc2OC)nc1. The standard InChI is InChI=1S/C17H22N4O3/c1-5-21(6-2)16(22)12-10-18-17(19-11-12)20-14-9-13(23-3)7-8-15(14)24-4/h7-11H,5-6H2,1-4H3,(H,18,19,20). The molecule has 0 saturated carbocycles. The summed E-state index contributed by atoms with van der Waals surface area (Å²) in [6.07, 6.45) is 3.03. The summed E-state index contributed by atoms with van der Waals surface area (Å²) in [4.78, 5) is 22.4. The van der Waals surface area contributed by atoms with E-state index < -0.39 is 0 Å². The molecule has 0 radical (unpaired) electrons. The Hall–Kier alpha value is -2.83. The third-order valence-electron chi connectivity index (χ3n) is 3.60. The second kappa shape index (κ2) is 8.14. The first-order chi connectivity index (χ1) is 11.6. The van der Waals surface area contributed by atoms with E-state index in [0.717, 1.165) is 0 Å². The Balaban J connectivity index is 2.19. The zero-order valence-corrected chi connectivity index (χ0v) is 14.4. The van der Waals surface area contributed by atoms with Gasteiger partial charge in [-0.05, 0) is 26.0 Å². The zero-order valence-electron chi connectivity index (χ0n) is 14.4. The summed E-state index contributed by atoms with van der Waals surface area (Å²) in [7, 11) is 3.18. The lowest BCUT2D eigenvalue weighted by Crippen LogP contribution is -2.30.